The van der Waals surface area contributed by atoms with E-state index in [9.17, 15) is 0 Å². The Balaban J connectivity index is 0. The van der Waals surface area contributed by atoms with Crippen molar-refractivity contribution in [2.75, 3.05) is 19.7 Å². The molecule has 0 aromatic carbocycles. The summed E-state index contributed by atoms with van der Waals surface area (Å²) < 4.78 is 5.22. The minimum Gasteiger partial charge on any atom is -0.376 e. The van der Waals surface area contributed by atoms with E-state index < -0.39 is 0 Å². The molecule has 1 atom stereocenters. The molecule has 0 unspecified atom stereocenters. The van der Waals surface area contributed by atoms with Crippen molar-refractivity contribution in [2.24, 2.45) is 0 Å². The predicted octanol–water partition coefficient (Wildman–Crippen LogP) is 1.66. The zero-order valence-electron chi connectivity index (χ0n) is 7.31. The normalized spacial score (nSPS) is 24.9. The summed E-state index contributed by atoms with van der Waals surface area (Å²) in [5.74, 6) is 0. The Morgan fingerprint density at radius 1 is 1.60 bits per heavy atom. The van der Waals surface area contributed by atoms with Crippen molar-refractivity contribution in [1.29, 1.82) is 0 Å². The van der Waals surface area contributed by atoms with Gasteiger partial charge in [0.25, 0.3) is 0 Å². The molecule has 1 fully saturated rings. The lowest BCUT2D eigenvalue weighted by Crippen LogP contribution is -2.36. The molecule has 10 heavy (non-hydrogen) atoms. The summed E-state index contributed by atoms with van der Waals surface area (Å²) in [6.45, 7) is 9.23. The highest BCUT2D eigenvalue weighted by Gasteiger charge is 2.04. The first-order valence-corrected chi connectivity index (χ1v) is 4.13. The van der Waals surface area contributed by atoms with Gasteiger partial charge in [0.15, 0.2) is 0 Å². The molecular weight excluding hydrogens is 126 g/mol. The molecule has 0 radical (unpaired) electrons. The fraction of sp³-hybridized carbons (Fsp3) is 1.00. The molecule has 1 rings (SSSR count). The van der Waals surface area contributed by atoms with Crippen molar-refractivity contribution in [2.45, 2.75) is 33.3 Å². The van der Waals surface area contributed by atoms with Crippen LogP contribution in [0.4, 0.5) is 0 Å². The third-order valence-electron chi connectivity index (χ3n) is 1.11. The average Bonchev–Trinajstić information content (AvgIpc) is 1.91. The Morgan fingerprint density at radius 2 is 2.20 bits per heavy atom. The molecule has 2 nitrogen and oxygen atoms in total. The zero-order chi connectivity index (χ0) is 7.82. The van der Waals surface area contributed by atoms with Crippen LogP contribution in [0.3, 0.4) is 0 Å². The van der Waals surface area contributed by atoms with E-state index in [1.54, 1.807) is 0 Å². The molecule has 1 aliphatic heterocycles. The van der Waals surface area contributed by atoms with Crippen LogP contribution in [0.25, 0.3) is 0 Å². The molecule has 2 heteroatoms. The number of hydrogen-bond donors (Lipinski definition) is 1. The van der Waals surface area contributed by atoms with E-state index in [-0.39, 0.29) is 1.43 Å². The third kappa shape index (κ3) is 6.05. The van der Waals surface area contributed by atoms with Crippen molar-refractivity contribution in [3.8, 4) is 0 Å². The first-order valence-electron chi connectivity index (χ1n) is 4.13. The molecule has 0 aromatic heterocycles. The van der Waals surface area contributed by atoms with Gasteiger partial charge < -0.3 is 10.1 Å². The van der Waals surface area contributed by atoms with Crippen molar-refractivity contribution >= 4 is 0 Å². The van der Waals surface area contributed by atoms with Gasteiger partial charge in [-0.05, 0) is 6.92 Å². The summed E-state index contributed by atoms with van der Waals surface area (Å²) >= 11 is 0. The summed E-state index contributed by atoms with van der Waals surface area (Å²) in [6, 6.07) is 0. The van der Waals surface area contributed by atoms with Crippen LogP contribution < -0.4 is 5.32 Å². The maximum Gasteiger partial charge on any atom is 0.0672 e. The summed E-state index contributed by atoms with van der Waals surface area (Å²) in [4.78, 5) is 0. The van der Waals surface area contributed by atoms with Crippen molar-refractivity contribution < 1.29 is 6.16 Å². The van der Waals surface area contributed by atoms with E-state index in [0.29, 0.717) is 6.10 Å². The quantitative estimate of drug-likeness (QED) is 0.562. The third-order valence-corrected chi connectivity index (χ3v) is 1.11. The van der Waals surface area contributed by atoms with Crippen molar-refractivity contribution in [3.63, 3.8) is 0 Å². The van der Waals surface area contributed by atoms with Crippen LogP contribution in [0.15, 0.2) is 0 Å². The van der Waals surface area contributed by atoms with Gasteiger partial charge in [0.1, 0.15) is 0 Å². The van der Waals surface area contributed by atoms with E-state index in [1.165, 1.54) is 6.42 Å². The smallest absolute Gasteiger partial charge is 0.0672 e. The molecule has 1 aliphatic rings. The molecule has 0 spiro atoms. The van der Waals surface area contributed by atoms with E-state index in [4.69, 9.17) is 4.74 Å². The van der Waals surface area contributed by atoms with E-state index in [1.807, 2.05) is 0 Å². The molecule has 0 aliphatic carbocycles. The highest BCUT2D eigenvalue weighted by molar-refractivity contribution is 4.59. The molecular formula is C8H21NO. The monoisotopic (exact) mass is 147 g/mol. The highest BCUT2D eigenvalue weighted by Crippen LogP contribution is 1.91. The largest absolute Gasteiger partial charge is 0.376 e. The summed E-state index contributed by atoms with van der Waals surface area (Å²) in [5.41, 5.74) is 0. The minimum absolute atomic E-state index is 0. The molecule has 64 valence electrons. The van der Waals surface area contributed by atoms with Gasteiger partial charge >= 0.3 is 0 Å². The number of rotatable bonds is 0. The highest BCUT2D eigenvalue weighted by atomic mass is 16.5. The second kappa shape index (κ2) is 7.03. The lowest BCUT2D eigenvalue weighted by Gasteiger charge is -2.18. The van der Waals surface area contributed by atoms with Gasteiger partial charge in [0.2, 0.25) is 0 Å². The Bertz CT molecular complexity index is 65.1. The molecule has 0 amide bonds. The second-order valence-electron chi connectivity index (χ2n) is 2.59. The number of ether oxygens (including phenoxy) is 1. The minimum atomic E-state index is 0. The maximum atomic E-state index is 5.22. The SMILES string of the molecule is CCC.C[C@H]1CNCCO1.[HH]. The van der Waals surface area contributed by atoms with Crippen LogP contribution in [-0.4, -0.2) is 25.8 Å². The van der Waals surface area contributed by atoms with Crippen molar-refractivity contribution in [3.05, 3.63) is 0 Å². The fourth-order valence-electron chi connectivity index (χ4n) is 0.697. The molecule has 1 heterocycles. The molecule has 0 saturated carbocycles. The second-order valence-corrected chi connectivity index (χ2v) is 2.59. The molecule has 0 bridgehead atoms. The topological polar surface area (TPSA) is 21.3 Å². The van der Waals surface area contributed by atoms with Gasteiger partial charge in [0, 0.05) is 14.5 Å². The van der Waals surface area contributed by atoms with Gasteiger partial charge in [-0.2, -0.15) is 0 Å². The van der Waals surface area contributed by atoms with Crippen LogP contribution in [0.2, 0.25) is 0 Å². The summed E-state index contributed by atoms with van der Waals surface area (Å²) in [7, 11) is 0. The number of hydrogen-bond acceptors (Lipinski definition) is 2. The van der Waals surface area contributed by atoms with E-state index in [0.717, 1.165) is 19.7 Å². The van der Waals surface area contributed by atoms with Gasteiger partial charge in [-0.1, -0.05) is 20.3 Å². The first-order chi connectivity index (χ1) is 4.81. The van der Waals surface area contributed by atoms with Crippen LogP contribution in [0, 0.1) is 0 Å². The summed E-state index contributed by atoms with van der Waals surface area (Å²) in [6.07, 6.45) is 1.67. The average molecular weight is 147 g/mol. The first kappa shape index (κ1) is 9.92. The Hall–Kier alpha value is -0.0800. The Kier molecular flexibility index (Phi) is 6.98. The van der Waals surface area contributed by atoms with Crippen LogP contribution in [-0.2, 0) is 4.74 Å². The van der Waals surface area contributed by atoms with E-state index in [2.05, 4.69) is 26.1 Å². The summed E-state index contributed by atoms with van der Waals surface area (Å²) in [5, 5.41) is 3.21. The number of morpholine rings is 1. The lowest BCUT2D eigenvalue weighted by atomic mass is 10.3. The van der Waals surface area contributed by atoms with Crippen LogP contribution in [0.5, 0.6) is 0 Å². The van der Waals surface area contributed by atoms with Crippen molar-refractivity contribution in [1.82, 2.24) is 5.32 Å². The van der Waals surface area contributed by atoms with Gasteiger partial charge in [-0.15, -0.1) is 0 Å². The van der Waals surface area contributed by atoms with Gasteiger partial charge in [-0.3, -0.25) is 0 Å². The van der Waals surface area contributed by atoms with Gasteiger partial charge in [0.05, 0.1) is 12.7 Å². The zero-order valence-corrected chi connectivity index (χ0v) is 7.31. The Morgan fingerprint density at radius 3 is 2.40 bits per heavy atom. The van der Waals surface area contributed by atoms with E-state index >= 15 is 0 Å². The number of nitrogens with one attached hydrogen (secondary N) is 1. The fourth-order valence-corrected chi connectivity index (χ4v) is 0.697. The lowest BCUT2D eigenvalue weighted by molar-refractivity contribution is 0.0410. The maximum absolute atomic E-state index is 5.22. The Labute approximate surface area is 65.4 Å². The van der Waals surface area contributed by atoms with Crippen LogP contribution in [0.1, 0.15) is 28.6 Å². The van der Waals surface area contributed by atoms with Crippen LogP contribution >= 0.6 is 0 Å². The predicted molar refractivity (Wildman–Crippen MR) is 46.4 cm³/mol. The van der Waals surface area contributed by atoms with Gasteiger partial charge in [-0.25, -0.2) is 0 Å². The molecule has 1 N–H and O–H groups in total. The standard InChI is InChI=1S/C5H11NO.C3H8.H2/c1-5-4-6-2-3-7-5;1-3-2;/h5-6H,2-4H2,1H3;3H2,1-2H3;1H/t5-;;/m0../s1. The molecule has 1 saturated heterocycles. The molecule has 0 aromatic rings.